The van der Waals surface area contributed by atoms with E-state index in [2.05, 4.69) is 9.88 Å². The summed E-state index contributed by atoms with van der Waals surface area (Å²) < 4.78 is 16.2. The Morgan fingerprint density at radius 1 is 1.32 bits per heavy atom. The van der Waals surface area contributed by atoms with Gasteiger partial charge in [0.25, 0.3) is 5.91 Å². The van der Waals surface area contributed by atoms with E-state index in [0.29, 0.717) is 30.5 Å². The quantitative estimate of drug-likeness (QED) is 0.760. The lowest BCUT2D eigenvalue weighted by atomic mass is 9.88. The van der Waals surface area contributed by atoms with Crippen molar-refractivity contribution in [2.75, 3.05) is 54.1 Å². The van der Waals surface area contributed by atoms with Crippen molar-refractivity contribution in [1.82, 2.24) is 14.8 Å². The highest BCUT2D eigenvalue weighted by Gasteiger charge is 2.46. The van der Waals surface area contributed by atoms with Crippen LogP contribution in [0.4, 0.5) is 0 Å². The molecule has 25 heavy (non-hydrogen) atoms. The second-order valence-electron chi connectivity index (χ2n) is 6.61. The van der Waals surface area contributed by atoms with E-state index in [1.807, 2.05) is 4.90 Å². The maximum atomic E-state index is 13.2. The Bertz CT molecular complexity index is 597. The molecule has 7 nitrogen and oxygen atoms in total. The predicted octanol–water partition coefficient (Wildman–Crippen LogP) is 0.898. The molecule has 2 aliphatic rings. The zero-order valence-corrected chi connectivity index (χ0v) is 15.2. The van der Waals surface area contributed by atoms with Gasteiger partial charge in [-0.25, -0.2) is 4.98 Å². The van der Waals surface area contributed by atoms with Crippen LogP contribution in [0.1, 0.15) is 16.8 Å². The highest BCUT2D eigenvalue weighted by Crippen LogP contribution is 2.34. The van der Waals surface area contributed by atoms with E-state index in [1.54, 1.807) is 39.7 Å². The number of ether oxygens (including phenoxy) is 3. The number of methoxy groups -OCH3 is 3. The number of likely N-dealkylation sites (tertiary alicyclic amines) is 2. The Morgan fingerprint density at radius 2 is 2.16 bits per heavy atom. The van der Waals surface area contributed by atoms with E-state index in [0.717, 1.165) is 26.1 Å². The number of rotatable bonds is 6. The van der Waals surface area contributed by atoms with Gasteiger partial charge in [0.2, 0.25) is 5.88 Å². The summed E-state index contributed by atoms with van der Waals surface area (Å²) in [5.41, 5.74) is 0.523. The molecule has 0 aliphatic carbocycles. The maximum Gasteiger partial charge on any atom is 0.259 e. The smallest absolute Gasteiger partial charge is 0.259 e. The van der Waals surface area contributed by atoms with Crippen molar-refractivity contribution >= 4 is 5.91 Å². The summed E-state index contributed by atoms with van der Waals surface area (Å²) in [6.45, 7) is 4.04. The number of fused-ring (bicyclic) bond motifs is 1. The van der Waals surface area contributed by atoms with E-state index in [4.69, 9.17) is 14.2 Å². The number of pyridine rings is 1. The van der Waals surface area contributed by atoms with Crippen LogP contribution < -0.4 is 4.74 Å². The van der Waals surface area contributed by atoms with Gasteiger partial charge in [-0.2, -0.15) is 0 Å². The summed E-state index contributed by atoms with van der Waals surface area (Å²) >= 11 is 0. The third-order valence-electron chi connectivity index (χ3n) is 5.31. The van der Waals surface area contributed by atoms with Crippen LogP contribution in [-0.4, -0.2) is 87.0 Å². The van der Waals surface area contributed by atoms with Crippen LogP contribution >= 0.6 is 0 Å². The molecule has 3 rings (SSSR count). The molecular formula is C18H27N3O4. The van der Waals surface area contributed by atoms with Crippen LogP contribution in [0.5, 0.6) is 5.88 Å². The summed E-state index contributed by atoms with van der Waals surface area (Å²) in [5.74, 6) is 0.692. The zero-order chi connectivity index (χ0) is 17.8. The van der Waals surface area contributed by atoms with Crippen molar-refractivity contribution < 1.29 is 19.0 Å². The van der Waals surface area contributed by atoms with Crippen LogP contribution in [0.2, 0.25) is 0 Å². The van der Waals surface area contributed by atoms with Gasteiger partial charge in [0.15, 0.2) is 0 Å². The predicted molar refractivity (Wildman–Crippen MR) is 92.8 cm³/mol. The van der Waals surface area contributed by atoms with Gasteiger partial charge in [-0.3, -0.25) is 9.69 Å². The average Bonchev–Trinajstić information content (AvgIpc) is 3.09. The number of hydrogen-bond acceptors (Lipinski definition) is 6. The topological polar surface area (TPSA) is 64.1 Å². The summed E-state index contributed by atoms with van der Waals surface area (Å²) in [6.07, 6.45) is 2.68. The van der Waals surface area contributed by atoms with Gasteiger partial charge in [0.1, 0.15) is 5.56 Å². The van der Waals surface area contributed by atoms with Crippen molar-refractivity contribution in [3.8, 4) is 5.88 Å². The lowest BCUT2D eigenvalue weighted by Gasteiger charge is -2.41. The Morgan fingerprint density at radius 3 is 2.88 bits per heavy atom. The second kappa shape index (κ2) is 8.12. The van der Waals surface area contributed by atoms with Gasteiger partial charge in [0, 0.05) is 52.5 Å². The Balaban J connectivity index is 1.80. The first kappa shape index (κ1) is 18.1. The molecule has 2 fully saturated rings. The van der Waals surface area contributed by atoms with Crippen LogP contribution in [0.3, 0.4) is 0 Å². The molecule has 3 heterocycles. The summed E-state index contributed by atoms with van der Waals surface area (Å²) in [6, 6.07) is 3.70. The lowest BCUT2D eigenvalue weighted by Crippen LogP contribution is -2.53. The average molecular weight is 349 g/mol. The molecule has 1 aromatic heterocycles. The molecule has 138 valence electrons. The number of carbonyl (C=O) groups excluding carboxylic acids is 1. The first-order valence-electron chi connectivity index (χ1n) is 8.73. The van der Waals surface area contributed by atoms with E-state index >= 15 is 0 Å². The highest BCUT2D eigenvalue weighted by molar-refractivity contribution is 5.96. The van der Waals surface area contributed by atoms with Crippen LogP contribution in [-0.2, 0) is 9.47 Å². The summed E-state index contributed by atoms with van der Waals surface area (Å²) in [7, 11) is 5.02. The fourth-order valence-corrected chi connectivity index (χ4v) is 4.05. The van der Waals surface area contributed by atoms with Gasteiger partial charge in [0.05, 0.1) is 25.9 Å². The first-order valence-corrected chi connectivity index (χ1v) is 8.73. The molecular weight excluding hydrogens is 322 g/mol. The SMILES string of the molecule is COCCN1C[C@@H]2[C@@H](OC)CCN(C(=O)c3cccnc3OC)[C@@H]2C1. The maximum absolute atomic E-state index is 13.2. The Hall–Kier alpha value is -1.70. The van der Waals surface area contributed by atoms with E-state index < -0.39 is 0 Å². The minimum Gasteiger partial charge on any atom is -0.480 e. The molecule has 0 N–H and O–H groups in total. The van der Waals surface area contributed by atoms with E-state index in [9.17, 15) is 4.79 Å². The van der Waals surface area contributed by atoms with Crippen LogP contribution in [0.25, 0.3) is 0 Å². The van der Waals surface area contributed by atoms with Crippen LogP contribution in [0, 0.1) is 5.92 Å². The normalized spacial score (nSPS) is 26.5. The number of piperidine rings is 1. The Labute approximate surface area is 148 Å². The monoisotopic (exact) mass is 349 g/mol. The molecule has 7 heteroatoms. The number of carbonyl (C=O) groups is 1. The fraction of sp³-hybridized carbons (Fsp3) is 0.667. The van der Waals surface area contributed by atoms with Crippen molar-refractivity contribution in [1.29, 1.82) is 0 Å². The molecule has 0 spiro atoms. The van der Waals surface area contributed by atoms with Crippen molar-refractivity contribution in [3.63, 3.8) is 0 Å². The van der Waals surface area contributed by atoms with Crippen molar-refractivity contribution in [2.24, 2.45) is 5.92 Å². The van der Waals surface area contributed by atoms with Gasteiger partial charge in [-0.15, -0.1) is 0 Å². The summed E-state index contributed by atoms with van der Waals surface area (Å²) in [4.78, 5) is 21.7. The molecule has 0 saturated carbocycles. The van der Waals surface area contributed by atoms with E-state index in [1.165, 1.54) is 0 Å². The number of aromatic nitrogens is 1. The Kier molecular flexibility index (Phi) is 5.88. The molecule has 1 amide bonds. The highest BCUT2D eigenvalue weighted by atomic mass is 16.5. The molecule has 0 radical (unpaired) electrons. The standard InChI is InChI=1S/C18H27N3O4/c1-23-10-9-20-11-14-15(12-20)21(8-6-16(14)24-2)18(22)13-5-4-7-19-17(13)25-3/h4-5,7,14-16H,6,8-12H2,1-3H3/t14-,15+,16-/m0/s1. The molecule has 0 unspecified atom stereocenters. The first-order chi connectivity index (χ1) is 12.2. The lowest BCUT2D eigenvalue weighted by molar-refractivity contribution is -0.0158. The minimum absolute atomic E-state index is 0.0110. The van der Waals surface area contributed by atoms with Crippen LogP contribution in [0.15, 0.2) is 18.3 Å². The number of nitrogens with zero attached hydrogens (tertiary/aromatic N) is 3. The fourth-order valence-electron chi connectivity index (χ4n) is 4.05. The van der Waals surface area contributed by atoms with E-state index in [-0.39, 0.29) is 18.1 Å². The third kappa shape index (κ3) is 3.63. The second-order valence-corrected chi connectivity index (χ2v) is 6.61. The summed E-state index contributed by atoms with van der Waals surface area (Å²) in [5, 5.41) is 0. The van der Waals surface area contributed by atoms with Gasteiger partial charge >= 0.3 is 0 Å². The molecule has 2 saturated heterocycles. The van der Waals surface area contributed by atoms with Crippen molar-refractivity contribution in [3.05, 3.63) is 23.9 Å². The molecule has 0 bridgehead atoms. The number of hydrogen-bond donors (Lipinski definition) is 0. The van der Waals surface area contributed by atoms with Crippen molar-refractivity contribution in [2.45, 2.75) is 18.6 Å². The van der Waals surface area contributed by atoms with Gasteiger partial charge in [-0.05, 0) is 18.6 Å². The molecule has 2 aliphatic heterocycles. The molecule has 3 atom stereocenters. The molecule has 0 aromatic carbocycles. The largest absolute Gasteiger partial charge is 0.480 e. The minimum atomic E-state index is -0.0110. The van der Waals surface area contributed by atoms with Gasteiger partial charge in [-0.1, -0.05) is 0 Å². The number of amides is 1. The molecule has 1 aromatic rings. The zero-order valence-electron chi connectivity index (χ0n) is 15.2. The van der Waals surface area contributed by atoms with Gasteiger partial charge < -0.3 is 19.1 Å². The third-order valence-corrected chi connectivity index (χ3v) is 5.31.